The van der Waals surface area contributed by atoms with E-state index in [1.807, 2.05) is 0 Å². The van der Waals surface area contributed by atoms with Crippen molar-refractivity contribution < 1.29 is 24.5 Å². The number of aliphatic hydroxyl groups excluding tert-OH is 2. The molecule has 0 saturated carbocycles. The molecule has 0 aromatic heterocycles. The molecule has 0 aromatic carbocycles. The highest BCUT2D eigenvalue weighted by atomic mass is 16.5. The second kappa shape index (κ2) is 15.3. The standard InChI is InChI=1S/C21H40O5/c1-4-7-8-9-10-11-12-13-14-15-21(19(24)5-2,20(25)6-3)26-17-18(23)16-22/h18,22-23H,4-17H2,1-3H3. The number of ketones is 2. The number of unbranched alkanes of at least 4 members (excludes halogenated alkanes) is 8. The lowest BCUT2D eigenvalue weighted by atomic mass is 9.84. The lowest BCUT2D eigenvalue weighted by molar-refractivity contribution is -0.164. The zero-order valence-corrected chi connectivity index (χ0v) is 17.1. The molecule has 2 N–H and O–H groups in total. The number of rotatable bonds is 18. The molecular formula is C21H40O5. The molecule has 0 aliphatic heterocycles. The van der Waals surface area contributed by atoms with Gasteiger partial charge in [0, 0.05) is 12.8 Å². The molecule has 5 heteroatoms. The van der Waals surface area contributed by atoms with Crippen molar-refractivity contribution >= 4 is 11.6 Å². The summed E-state index contributed by atoms with van der Waals surface area (Å²) in [6.07, 6.45) is 10.1. The van der Waals surface area contributed by atoms with Crippen molar-refractivity contribution in [3.8, 4) is 0 Å². The first-order valence-corrected chi connectivity index (χ1v) is 10.5. The molecule has 0 aliphatic carbocycles. The van der Waals surface area contributed by atoms with Gasteiger partial charge >= 0.3 is 0 Å². The lowest BCUT2D eigenvalue weighted by Crippen LogP contribution is -2.50. The molecule has 0 rings (SSSR count). The average Bonchev–Trinajstić information content (AvgIpc) is 2.67. The van der Waals surface area contributed by atoms with E-state index in [9.17, 15) is 14.7 Å². The third-order valence-corrected chi connectivity index (χ3v) is 4.91. The van der Waals surface area contributed by atoms with Crippen LogP contribution in [0.1, 0.15) is 97.8 Å². The summed E-state index contributed by atoms with van der Waals surface area (Å²) < 4.78 is 5.65. The molecule has 0 spiro atoms. The number of ether oxygens (including phenoxy) is 1. The van der Waals surface area contributed by atoms with Gasteiger partial charge in [-0.1, -0.05) is 72.1 Å². The summed E-state index contributed by atoms with van der Waals surface area (Å²) in [7, 11) is 0. The summed E-state index contributed by atoms with van der Waals surface area (Å²) in [6.45, 7) is 5.01. The summed E-state index contributed by atoms with van der Waals surface area (Å²) in [5, 5.41) is 18.5. The molecule has 0 heterocycles. The van der Waals surface area contributed by atoms with Gasteiger partial charge in [-0.25, -0.2) is 0 Å². The third-order valence-electron chi connectivity index (χ3n) is 4.91. The quantitative estimate of drug-likeness (QED) is 0.281. The van der Waals surface area contributed by atoms with Crippen LogP contribution < -0.4 is 0 Å². The van der Waals surface area contributed by atoms with Crippen molar-refractivity contribution in [1.29, 1.82) is 0 Å². The Bertz CT molecular complexity index is 365. The van der Waals surface area contributed by atoms with Crippen LogP contribution in [0.2, 0.25) is 0 Å². The summed E-state index contributed by atoms with van der Waals surface area (Å²) >= 11 is 0. The highest BCUT2D eigenvalue weighted by molar-refractivity contribution is 6.10. The summed E-state index contributed by atoms with van der Waals surface area (Å²) in [6, 6.07) is 0. The molecule has 0 fully saturated rings. The fourth-order valence-electron chi connectivity index (χ4n) is 3.21. The molecule has 5 nitrogen and oxygen atoms in total. The number of aliphatic hydroxyl groups is 2. The maximum absolute atomic E-state index is 12.5. The average molecular weight is 373 g/mol. The Morgan fingerprint density at radius 1 is 0.846 bits per heavy atom. The molecule has 0 saturated heterocycles. The normalized spacial score (nSPS) is 13.0. The van der Waals surface area contributed by atoms with Gasteiger partial charge in [0.2, 0.25) is 0 Å². The molecule has 154 valence electrons. The number of carbonyl (C=O) groups excluding carboxylic acids is 2. The van der Waals surface area contributed by atoms with Gasteiger partial charge in [-0.3, -0.25) is 9.59 Å². The van der Waals surface area contributed by atoms with Crippen molar-refractivity contribution in [1.82, 2.24) is 0 Å². The minimum atomic E-state index is -1.46. The second-order valence-corrected chi connectivity index (χ2v) is 7.11. The molecule has 1 unspecified atom stereocenters. The summed E-state index contributed by atoms with van der Waals surface area (Å²) in [4.78, 5) is 25.0. The highest BCUT2D eigenvalue weighted by Crippen LogP contribution is 2.26. The van der Waals surface area contributed by atoms with E-state index in [1.54, 1.807) is 13.8 Å². The maximum Gasteiger partial charge on any atom is 0.184 e. The molecule has 0 aliphatic rings. The van der Waals surface area contributed by atoms with Crippen LogP contribution >= 0.6 is 0 Å². The monoisotopic (exact) mass is 372 g/mol. The first-order valence-electron chi connectivity index (χ1n) is 10.5. The minimum Gasteiger partial charge on any atom is -0.394 e. The van der Waals surface area contributed by atoms with E-state index < -0.39 is 18.3 Å². The van der Waals surface area contributed by atoms with Crippen molar-refractivity contribution in [2.24, 2.45) is 0 Å². The Balaban J connectivity index is 4.55. The van der Waals surface area contributed by atoms with Crippen molar-refractivity contribution in [2.45, 2.75) is 110 Å². The van der Waals surface area contributed by atoms with E-state index >= 15 is 0 Å². The first-order chi connectivity index (χ1) is 12.5. The van der Waals surface area contributed by atoms with Gasteiger partial charge < -0.3 is 14.9 Å². The molecular weight excluding hydrogens is 332 g/mol. The van der Waals surface area contributed by atoms with Crippen LogP contribution in [0.15, 0.2) is 0 Å². The lowest BCUT2D eigenvalue weighted by Gasteiger charge is -2.31. The van der Waals surface area contributed by atoms with E-state index in [1.165, 1.54) is 38.5 Å². The topological polar surface area (TPSA) is 83.8 Å². The van der Waals surface area contributed by atoms with Gasteiger partial charge in [0.1, 0.15) is 6.10 Å². The Morgan fingerprint density at radius 3 is 1.73 bits per heavy atom. The first kappa shape index (κ1) is 25.2. The SMILES string of the molecule is CCCCCCCCCCCC(OCC(O)CO)(C(=O)CC)C(=O)CC. The van der Waals surface area contributed by atoms with Crippen LogP contribution in [-0.4, -0.2) is 46.7 Å². The zero-order chi connectivity index (χ0) is 19.8. The Morgan fingerprint density at radius 2 is 1.31 bits per heavy atom. The van der Waals surface area contributed by atoms with Gasteiger partial charge in [-0.2, -0.15) is 0 Å². The van der Waals surface area contributed by atoms with Crippen LogP contribution in [-0.2, 0) is 14.3 Å². The molecule has 26 heavy (non-hydrogen) atoms. The summed E-state index contributed by atoms with van der Waals surface area (Å²) in [5.41, 5.74) is -1.46. The fourth-order valence-corrected chi connectivity index (χ4v) is 3.21. The molecule has 0 bridgehead atoms. The van der Waals surface area contributed by atoms with E-state index in [2.05, 4.69) is 6.92 Å². The van der Waals surface area contributed by atoms with Gasteiger partial charge in [-0.05, 0) is 12.8 Å². The number of hydrogen-bond acceptors (Lipinski definition) is 5. The second-order valence-electron chi connectivity index (χ2n) is 7.11. The number of Topliss-reactive ketones (excluding diaryl/α,β-unsaturated/α-hetero) is 2. The highest BCUT2D eigenvalue weighted by Gasteiger charge is 2.44. The van der Waals surface area contributed by atoms with Crippen molar-refractivity contribution in [3.05, 3.63) is 0 Å². The van der Waals surface area contributed by atoms with Crippen LogP contribution in [0.3, 0.4) is 0 Å². The van der Waals surface area contributed by atoms with E-state index in [-0.39, 0.29) is 31.0 Å². The molecule has 0 aromatic rings. The van der Waals surface area contributed by atoms with Crippen LogP contribution in [0.5, 0.6) is 0 Å². The number of carbonyl (C=O) groups is 2. The van der Waals surface area contributed by atoms with E-state index in [4.69, 9.17) is 9.84 Å². The van der Waals surface area contributed by atoms with Gasteiger partial charge in [0.05, 0.1) is 13.2 Å². The van der Waals surface area contributed by atoms with Crippen molar-refractivity contribution in [2.75, 3.05) is 13.2 Å². The van der Waals surface area contributed by atoms with Crippen LogP contribution in [0.25, 0.3) is 0 Å². The zero-order valence-electron chi connectivity index (χ0n) is 17.1. The Kier molecular flexibility index (Phi) is 14.8. The predicted octanol–water partition coefficient (Wildman–Crippen LogP) is 3.97. The van der Waals surface area contributed by atoms with Gasteiger partial charge in [0.25, 0.3) is 0 Å². The van der Waals surface area contributed by atoms with Crippen LogP contribution in [0.4, 0.5) is 0 Å². The minimum absolute atomic E-state index is 0.203. The maximum atomic E-state index is 12.5. The molecule has 0 radical (unpaired) electrons. The smallest absolute Gasteiger partial charge is 0.184 e. The van der Waals surface area contributed by atoms with Gasteiger partial charge in [0.15, 0.2) is 17.2 Å². The van der Waals surface area contributed by atoms with Crippen molar-refractivity contribution in [3.63, 3.8) is 0 Å². The predicted molar refractivity (Wildman–Crippen MR) is 104 cm³/mol. The largest absolute Gasteiger partial charge is 0.394 e. The van der Waals surface area contributed by atoms with E-state index in [0.29, 0.717) is 6.42 Å². The van der Waals surface area contributed by atoms with Gasteiger partial charge in [-0.15, -0.1) is 0 Å². The molecule has 1 atom stereocenters. The Hall–Kier alpha value is -0.780. The van der Waals surface area contributed by atoms with Crippen LogP contribution in [0, 0.1) is 0 Å². The van der Waals surface area contributed by atoms with E-state index in [0.717, 1.165) is 19.3 Å². The number of hydrogen-bond donors (Lipinski definition) is 2. The fraction of sp³-hybridized carbons (Fsp3) is 0.905. The third kappa shape index (κ3) is 9.24. The summed E-state index contributed by atoms with van der Waals surface area (Å²) in [5.74, 6) is -0.455. The Labute approximate surface area is 159 Å². The molecule has 0 amide bonds.